The molecular formula is C75H141NO5. The van der Waals surface area contributed by atoms with E-state index in [9.17, 15) is 19.8 Å². The number of unbranched alkanes of at least 4 members (excludes halogenated alkanes) is 51. The minimum absolute atomic E-state index is 0.00966. The van der Waals surface area contributed by atoms with E-state index >= 15 is 0 Å². The van der Waals surface area contributed by atoms with Crippen molar-refractivity contribution in [3.63, 3.8) is 0 Å². The number of aliphatic hydroxyl groups is 2. The van der Waals surface area contributed by atoms with Crippen LogP contribution in [0.25, 0.3) is 0 Å². The average molecular weight is 1140 g/mol. The molecule has 0 heterocycles. The normalized spacial score (nSPS) is 12.8. The lowest BCUT2D eigenvalue weighted by Crippen LogP contribution is -2.45. The zero-order valence-corrected chi connectivity index (χ0v) is 54.5. The minimum atomic E-state index is -0.844. The van der Waals surface area contributed by atoms with Gasteiger partial charge in [0.1, 0.15) is 0 Å². The Balaban J connectivity index is 3.38. The van der Waals surface area contributed by atoms with Crippen molar-refractivity contribution in [3.05, 3.63) is 48.6 Å². The van der Waals surface area contributed by atoms with Crippen LogP contribution in [-0.2, 0) is 14.3 Å². The maximum Gasteiger partial charge on any atom is 0.305 e. The van der Waals surface area contributed by atoms with Crippen molar-refractivity contribution in [2.75, 3.05) is 13.2 Å². The second-order valence-electron chi connectivity index (χ2n) is 24.9. The third-order valence-electron chi connectivity index (χ3n) is 16.8. The van der Waals surface area contributed by atoms with Crippen LogP contribution in [0.2, 0.25) is 0 Å². The van der Waals surface area contributed by atoms with Crippen LogP contribution < -0.4 is 5.32 Å². The molecule has 0 bridgehead atoms. The number of aliphatic hydroxyl groups excluding tert-OH is 2. The van der Waals surface area contributed by atoms with E-state index < -0.39 is 12.1 Å². The highest BCUT2D eigenvalue weighted by atomic mass is 16.5. The lowest BCUT2D eigenvalue weighted by Gasteiger charge is -2.20. The largest absolute Gasteiger partial charge is 0.466 e. The molecular weight excluding hydrogens is 995 g/mol. The van der Waals surface area contributed by atoms with Gasteiger partial charge in [-0.05, 0) is 89.9 Å². The molecule has 6 nitrogen and oxygen atoms in total. The van der Waals surface area contributed by atoms with Gasteiger partial charge in [-0.1, -0.05) is 339 Å². The van der Waals surface area contributed by atoms with Gasteiger partial charge in [0.2, 0.25) is 5.91 Å². The monoisotopic (exact) mass is 1140 g/mol. The molecule has 0 aliphatic carbocycles. The molecule has 0 rings (SSSR count). The van der Waals surface area contributed by atoms with Crippen LogP contribution in [0.3, 0.4) is 0 Å². The molecule has 0 aromatic heterocycles. The summed E-state index contributed by atoms with van der Waals surface area (Å²) in [5, 5.41) is 23.2. The maximum absolute atomic E-state index is 12.5. The molecule has 0 aliphatic heterocycles. The van der Waals surface area contributed by atoms with Gasteiger partial charge in [0.05, 0.1) is 25.4 Å². The molecule has 0 saturated heterocycles. The molecule has 0 aromatic rings. The Kier molecular flexibility index (Phi) is 68.4. The number of hydrogen-bond donors (Lipinski definition) is 3. The van der Waals surface area contributed by atoms with E-state index in [0.717, 1.165) is 51.4 Å². The highest BCUT2D eigenvalue weighted by Crippen LogP contribution is 2.18. The average Bonchev–Trinajstić information content (AvgIpc) is 3.47. The number of hydrogen-bond acceptors (Lipinski definition) is 5. The quantitative estimate of drug-likeness (QED) is 0.0320. The van der Waals surface area contributed by atoms with Gasteiger partial charge < -0.3 is 20.3 Å². The molecule has 0 aromatic carbocycles. The number of esters is 1. The maximum atomic E-state index is 12.5. The molecule has 0 fully saturated rings. The summed E-state index contributed by atoms with van der Waals surface area (Å²) < 4.78 is 5.50. The number of ether oxygens (including phenoxy) is 1. The number of rotatable bonds is 68. The second-order valence-corrected chi connectivity index (χ2v) is 24.9. The van der Waals surface area contributed by atoms with Crippen molar-refractivity contribution in [1.82, 2.24) is 5.32 Å². The van der Waals surface area contributed by atoms with Gasteiger partial charge in [-0.3, -0.25) is 9.59 Å². The van der Waals surface area contributed by atoms with Crippen LogP contribution in [0.15, 0.2) is 48.6 Å². The first-order valence-electron chi connectivity index (χ1n) is 36.4. The van der Waals surface area contributed by atoms with Gasteiger partial charge in [-0.25, -0.2) is 0 Å². The third kappa shape index (κ3) is 66.8. The summed E-state index contributed by atoms with van der Waals surface area (Å²) in [4.78, 5) is 24.6. The van der Waals surface area contributed by atoms with Crippen molar-refractivity contribution in [2.24, 2.45) is 0 Å². The van der Waals surface area contributed by atoms with Gasteiger partial charge in [-0.15, -0.1) is 0 Å². The molecule has 3 N–H and O–H groups in total. The van der Waals surface area contributed by atoms with Crippen LogP contribution in [0.4, 0.5) is 0 Å². The van der Waals surface area contributed by atoms with E-state index in [1.165, 1.54) is 315 Å². The summed E-state index contributed by atoms with van der Waals surface area (Å²) in [6.45, 7) is 4.91. The Morgan fingerprint density at radius 3 is 0.963 bits per heavy atom. The van der Waals surface area contributed by atoms with Crippen molar-refractivity contribution in [3.8, 4) is 0 Å². The van der Waals surface area contributed by atoms with E-state index in [-0.39, 0.29) is 18.5 Å². The Morgan fingerprint density at radius 2 is 0.617 bits per heavy atom. The molecule has 0 saturated carbocycles. The lowest BCUT2D eigenvalue weighted by molar-refractivity contribution is -0.143. The first-order valence-corrected chi connectivity index (χ1v) is 36.4. The summed E-state index contributed by atoms with van der Waals surface area (Å²) in [6, 6.07) is -0.627. The highest BCUT2D eigenvalue weighted by molar-refractivity contribution is 5.76. The smallest absolute Gasteiger partial charge is 0.305 e. The molecule has 0 radical (unpaired) electrons. The fourth-order valence-corrected chi connectivity index (χ4v) is 11.3. The topological polar surface area (TPSA) is 95.9 Å². The fourth-order valence-electron chi connectivity index (χ4n) is 11.3. The molecule has 0 aliphatic rings. The van der Waals surface area contributed by atoms with Crippen LogP contribution in [-0.4, -0.2) is 47.4 Å². The number of carbonyl (C=O) groups excluding carboxylic acids is 2. The van der Waals surface area contributed by atoms with Gasteiger partial charge in [-0.2, -0.15) is 0 Å². The molecule has 81 heavy (non-hydrogen) atoms. The van der Waals surface area contributed by atoms with Crippen LogP contribution in [0.1, 0.15) is 393 Å². The summed E-state index contributed by atoms with van der Waals surface area (Å²) in [5.41, 5.74) is 0. The van der Waals surface area contributed by atoms with Crippen LogP contribution >= 0.6 is 0 Å². The number of amides is 1. The van der Waals surface area contributed by atoms with Gasteiger partial charge in [0.25, 0.3) is 0 Å². The Bertz CT molecular complexity index is 1360. The molecule has 0 spiro atoms. The van der Waals surface area contributed by atoms with Crippen molar-refractivity contribution in [2.45, 2.75) is 405 Å². The van der Waals surface area contributed by atoms with Crippen LogP contribution in [0, 0.1) is 0 Å². The number of nitrogens with one attached hydrogen (secondary N) is 1. The van der Waals surface area contributed by atoms with Crippen molar-refractivity contribution >= 4 is 11.9 Å². The molecule has 2 unspecified atom stereocenters. The predicted octanol–water partition coefficient (Wildman–Crippen LogP) is 23.6. The van der Waals surface area contributed by atoms with Gasteiger partial charge in [0, 0.05) is 12.8 Å². The van der Waals surface area contributed by atoms with Gasteiger partial charge in [0.15, 0.2) is 0 Å². The number of allylic oxidation sites excluding steroid dienone is 7. The Labute approximate surface area is 506 Å². The molecule has 6 heteroatoms. The highest BCUT2D eigenvalue weighted by Gasteiger charge is 2.18. The lowest BCUT2D eigenvalue weighted by atomic mass is 10.0. The first-order chi connectivity index (χ1) is 40.0. The van der Waals surface area contributed by atoms with Crippen molar-refractivity contribution in [1.29, 1.82) is 0 Å². The minimum Gasteiger partial charge on any atom is -0.466 e. The Morgan fingerprint density at radius 1 is 0.346 bits per heavy atom. The summed E-state index contributed by atoms with van der Waals surface area (Å²) in [7, 11) is 0. The fraction of sp³-hybridized carbons (Fsp3) is 0.867. The summed E-state index contributed by atoms with van der Waals surface area (Å²) in [6.07, 6.45) is 92.0. The van der Waals surface area contributed by atoms with E-state index in [2.05, 4.69) is 55.6 Å². The van der Waals surface area contributed by atoms with E-state index in [1.807, 2.05) is 6.08 Å². The molecule has 476 valence electrons. The summed E-state index contributed by atoms with van der Waals surface area (Å²) >= 11 is 0. The van der Waals surface area contributed by atoms with E-state index in [0.29, 0.717) is 19.4 Å². The summed E-state index contributed by atoms with van der Waals surface area (Å²) in [5.74, 6) is -0.0547. The predicted molar refractivity (Wildman–Crippen MR) is 356 cm³/mol. The zero-order chi connectivity index (χ0) is 58.5. The van der Waals surface area contributed by atoms with E-state index in [4.69, 9.17) is 4.74 Å². The first kappa shape index (κ1) is 78.8. The second kappa shape index (κ2) is 70.3. The van der Waals surface area contributed by atoms with Gasteiger partial charge >= 0.3 is 5.97 Å². The SMILES string of the molecule is CCCCCC/C=C\C/C=C\CCCCCCCCCC(=O)OCCCCCCCCCCCCCC/C=C\CCCCCCCCCCCCCCCCC(=O)NC(CO)C(O)/C=C/CCCCCCCCCCCCCCCC. The Hall–Kier alpha value is -2.18. The third-order valence-corrected chi connectivity index (χ3v) is 16.8. The van der Waals surface area contributed by atoms with E-state index in [1.54, 1.807) is 6.08 Å². The zero-order valence-electron chi connectivity index (χ0n) is 54.5. The van der Waals surface area contributed by atoms with Crippen molar-refractivity contribution < 1.29 is 24.5 Å². The standard InChI is InChI=1S/C75H141NO5/c1-3-5-7-9-11-13-15-17-19-21-37-41-45-49-53-57-61-65-69-75(80)81-70-66-62-58-54-50-46-42-38-35-33-31-29-27-25-23-22-24-26-28-30-32-34-36-40-44-48-52-56-60-64-68-74(79)76-72(71-77)73(78)67-63-59-55-51-47-43-39-20-18-16-14-12-10-8-6-4-2/h13,15,19,21,23,25,63,67,72-73,77-78H,3-12,14,16-18,20,22,24,26-62,64-66,68-71H2,1-2H3,(H,76,79)/b15-13-,21-19-,25-23-,67-63+. The number of carbonyl (C=O) groups is 2. The molecule has 1 amide bonds. The van der Waals surface area contributed by atoms with Crippen LogP contribution in [0.5, 0.6) is 0 Å². The molecule has 2 atom stereocenters.